The van der Waals surface area contributed by atoms with Crippen molar-refractivity contribution in [3.63, 3.8) is 0 Å². The molecule has 20 heavy (non-hydrogen) atoms. The van der Waals surface area contributed by atoms with Gasteiger partial charge in [0.15, 0.2) is 17.3 Å². The minimum Gasteiger partial charge on any atom is -0.504 e. The standard InChI is InChI=1S/C14H14N2O4/c1-2-19-12-6-5-10(8-11(12)17)9-15-16-14(18)13-4-3-7-20-13/h3-9,17H,2H2,1H3,(H,16,18). The van der Waals surface area contributed by atoms with Gasteiger partial charge in [-0.15, -0.1) is 0 Å². The van der Waals surface area contributed by atoms with Gasteiger partial charge in [0.1, 0.15) is 0 Å². The molecule has 0 fully saturated rings. The summed E-state index contributed by atoms with van der Waals surface area (Å²) < 4.78 is 10.1. The average Bonchev–Trinajstić information content (AvgIpc) is 2.96. The fourth-order valence-electron chi connectivity index (χ4n) is 1.52. The van der Waals surface area contributed by atoms with Crippen LogP contribution in [0.4, 0.5) is 0 Å². The summed E-state index contributed by atoms with van der Waals surface area (Å²) in [6, 6.07) is 7.99. The first-order chi connectivity index (χ1) is 9.70. The molecule has 1 aromatic heterocycles. The van der Waals surface area contributed by atoms with Crippen LogP contribution in [0.3, 0.4) is 0 Å². The molecule has 0 saturated carbocycles. The lowest BCUT2D eigenvalue weighted by molar-refractivity contribution is 0.0927. The summed E-state index contributed by atoms with van der Waals surface area (Å²) in [4.78, 5) is 11.5. The van der Waals surface area contributed by atoms with Gasteiger partial charge in [0, 0.05) is 0 Å². The first-order valence-corrected chi connectivity index (χ1v) is 6.03. The lowest BCUT2D eigenvalue weighted by Crippen LogP contribution is -2.16. The summed E-state index contributed by atoms with van der Waals surface area (Å²) in [5.41, 5.74) is 2.95. The topological polar surface area (TPSA) is 84.1 Å². The van der Waals surface area contributed by atoms with Crippen LogP contribution in [0.5, 0.6) is 11.5 Å². The molecule has 6 nitrogen and oxygen atoms in total. The predicted molar refractivity (Wildman–Crippen MR) is 73.0 cm³/mol. The van der Waals surface area contributed by atoms with Gasteiger partial charge in [-0.25, -0.2) is 5.43 Å². The quantitative estimate of drug-likeness (QED) is 0.646. The number of amides is 1. The minimum atomic E-state index is -0.443. The Morgan fingerprint density at radius 3 is 3.00 bits per heavy atom. The number of carbonyl (C=O) groups excluding carboxylic acids is 1. The third kappa shape index (κ3) is 3.38. The van der Waals surface area contributed by atoms with Crippen LogP contribution in [-0.4, -0.2) is 23.8 Å². The number of benzene rings is 1. The molecule has 0 bridgehead atoms. The zero-order chi connectivity index (χ0) is 14.4. The third-order valence-electron chi connectivity index (χ3n) is 2.41. The molecule has 1 aromatic carbocycles. The Morgan fingerprint density at radius 1 is 1.50 bits per heavy atom. The van der Waals surface area contributed by atoms with Crippen LogP contribution in [0.1, 0.15) is 23.0 Å². The summed E-state index contributed by atoms with van der Waals surface area (Å²) in [7, 11) is 0. The first-order valence-electron chi connectivity index (χ1n) is 6.03. The Kier molecular flexibility index (Phi) is 4.39. The Labute approximate surface area is 115 Å². The summed E-state index contributed by atoms with van der Waals surface area (Å²) >= 11 is 0. The molecular weight excluding hydrogens is 260 g/mol. The summed E-state index contributed by atoms with van der Waals surface area (Å²) in [5, 5.41) is 13.5. The van der Waals surface area contributed by atoms with Crippen molar-refractivity contribution in [2.45, 2.75) is 6.92 Å². The molecular formula is C14H14N2O4. The number of phenolic OH excluding ortho intramolecular Hbond substituents is 1. The van der Waals surface area contributed by atoms with E-state index < -0.39 is 5.91 Å². The minimum absolute atomic E-state index is 0.0214. The van der Waals surface area contributed by atoms with Crippen molar-refractivity contribution in [2.75, 3.05) is 6.61 Å². The molecule has 6 heteroatoms. The molecule has 0 unspecified atom stereocenters. The van der Waals surface area contributed by atoms with E-state index in [1.54, 1.807) is 18.2 Å². The molecule has 0 atom stereocenters. The van der Waals surface area contributed by atoms with Crippen molar-refractivity contribution in [3.8, 4) is 11.5 Å². The molecule has 0 spiro atoms. The fourth-order valence-corrected chi connectivity index (χ4v) is 1.52. The number of nitrogens with zero attached hydrogens (tertiary/aromatic N) is 1. The highest BCUT2D eigenvalue weighted by Crippen LogP contribution is 2.25. The number of furan rings is 1. The number of hydrogen-bond acceptors (Lipinski definition) is 5. The van der Waals surface area contributed by atoms with Gasteiger partial charge in [0.2, 0.25) is 0 Å². The van der Waals surface area contributed by atoms with E-state index in [4.69, 9.17) is 9.15 Å². The van der Waals surface area contributed by atoms with Crippen molar-refractivity contribution >= 4 is 12.1 Å². The van der Waals surface area contributed by atoms with Crippen LogP contribution in [-0.2, 0) is 0 Å². The largest absolute Gasteiger partial charge is 0.504 e. The molecule has 1 heterocycles. The number of phenols is 1. The molecule has 0 radical (unpaired) electrons. The maximum absolute atomic E-state index is 11.5. The Bertz CT molecular complexity index is 606. The third-order valence-corrected chi connectivity index (χ3v) is 2.41. The number of nitrogens with one attached hydrogen (secondary N) is 1. The highest BCUT2D eigenvalue weighted by Gasteiger charge is 2.06. The first kappa shape index (κ1) is 13.7. The number of carbonyl (C=O) groups is 1. The maximum Gasteiger partial charge on any atom is 0.307 e. The molecule has 0 saturated heterocycles. The zero-order valence-corrected chi connectivity index (χ0v) is 10.9. The highest BCUT2D eigenvalue weighted by molar-refractivity contribution is 5.92. The molecule has 2 rings (SSSR count). The van der Waals surface area contributed by atoms with Crippen molar-refractivity contribution in [2.24, 2.45) is 5.10 Å². The van der Waals surface area contributed by atoms with E-state index >= 15 is 0 Å². The van der Waals surface area contributed by atoms with Gasteiger partial charge in [-0.2, -0.15) is 5.10 Å². The van der Waals surface area contributed by atoms with Crippen molar-refractivity contribution in [3.05, 3.63) is 47.9 Å². The molecule has 104 valence electrons. The van der Waals surface area contributed by atoms with Crippen LogP contribution in [0, 0.1) is 0 Å². The van der Waals surface area contributed by atoms with Gasteiger partial charge < -0.3 is 14.3 Å². The highest BCUT2D eigenvalue weighted by atomic mass is 16.5. The summed E-state index contributed by atoms with van der Waals surface area (Å²) in [5.74, 6) is 0.163. The second-order valence-electron chi connectivity index (χ2n) is 3.84. The zero-order valence-electron chi connectivity index (χ0n) is 10.9. The number of hydrazone groups is 1. The van der Waals surface area contributed by atoms with Crippen LogP contribution in [0.15, 0.2) is 46.1 Å². The number of aromatic hydroxyl groups is 1. The van der Waals surface area contributed by atoms with E-state index in [-0.39, 0.29) is 11.5 Å². The van der Waals surface area contributed by atoms with Gasteiger partial charge in [0.05, 0.1) is 19.1 Å². The van der Waals surface area contributed by atoms with Crippen molar-refractivity contribution in [1.29, 1.82) is 0 Å². The maximum atomic E-state index is 11.5. The lowest BCUT2D eigenvalue weighted by atomic mass is 10.2. The smallest absolute Gasteiger partial charge is 0.307 e. The Morgan fingerprint density at radius 2 is 2.35 bits per heavy atom. The van der Waals surface area contributed by atoms with Gasteiger partial charge in [-0.1, -0.05) is 0 Å². The van der Waals surface area contributed by atoms with E-state index in [2.05, 4.69) is 10.5 Å². The molecule has 2 aromatic rings. The molecule has 0 aliphatic heterocycles. The van der Waals surface area contributed by atoms with Crippen LogP contribution >= 0.6 is 0 Å². The average molecular weight is 274 g/mol. The summed E-state index contributed by atoms with van der Waals surface area (Å²) in [6.45, 7) is 2.30. The second-order valence-corrected chi connectivity index (χ2v) is 3.84. The SMILES string of the molecule is CCOc1ccc(C=NNC(=O)c2ccco2)cc1O. The van der Waals surface area contributed by atoms with E-state index in [1.807, 2.05) is 6.92 Å². The molecule has 0 aliphatic rings. The van der Waals surface area contributed by atoms with Gasteiger partial charge in [-0.05, 0) is 42.8 Å². The number of ether oxygens (including phenoxy) is 1. The molecule has 1 amide bonds. The monoisotopic (exact) mass is 274 g/mol. The molecule has 0 aliphatic carbocycles. The molecule has 2 N–H and O–H groups in total. The van der Waals surface area contributed by atoms with E-state index in [1.165, 1.54) is 24.6 Å². The lowest BCUT2D eigenvalue weighted by Gasteiger charge is -2.05. The number of hydrogen-bond donors (Lipinski definition) is 2. The normalized spacial score (nSPS) is 10.7. The Balaban J connectivity index is 1.98. The van der Waals surface area contributed by atoms with Gasteiger partial charge in [-0.3, -0.25) is 4.79 Å². The Hall–Kier alpha value is -2.76. The fraction of sp³-hybridized carbons (Fsp3) is 0.143. The van der Waals surface area contributed by atoms with Crippen molar-refractivity contribution in [1.82, 2.24) is 5.43 Å². The van der Waals surface area contributed by atoms with E-state index in [0.29, 0.717) is 17.9 Å². The van der Waals surface area contributed by atoms with Gasteiger partial charge >= 0.3 is 5.91 Å². The van der Waals surface area contributed by atoms with Crippen LogP contribution in [0.2, 0.25) is 0 Å². The van der Waals surface area contributed by atoms with E-state index in [9.17, 15) is 9.90 Å². The number of rotatable bonds is 5. The van der Waals surface area contributed by atoms with Crippen molar-refractivity contribution < 1.29 is 19.1 Å². The second kappa shape index (κ2) is 6.42. The summed E-state index contributed by atoms with van der Waals surface area (Å²) in [6.07, 6.45) is 2.82. The van der Waals surface area contributed by atoms with Gasteiger partial charge in [0.25, 0.3) is 0 Å². The van der Waals surface area contributed by atoms with Crippen LogP contribution < -0.4 is 10.2 Å². The van der Waals surface area contributed by atoms with Crippen LogP contribution in [0.25, 0.3) is 0 Å². The predicted octanol–water partition coefficient (Wildman–Crippen LogP) is 2.15. The van der Waals surface area contributed by atoms with E-state index in [0.717, 1.165) is 0 Å².